The molecule has 2 rings (SSSR count). The van der Waals surface area contributed by atoms with Crippen molar-refractivity contribution in [3.8, 4) is 0 Å². The number of nitrogens with one attached hydrogen (secondary N) is 1. The molecule has 0 saturated heterocycles. The average Bonchev–Trinajstić information content (AvgIpc) is 2.59. The van der Waals surface area contributed by atoms with E-state index in [2.05, 4.69) is 10.4 Å². The highest BCUT2D eigenvalue weighted by Gasteiger charge is 2.14. The quantitative estimate of drug-likeness (QED) is 0.701. The van der Waals surface area contributed by atoms with Gasteiger partial charge in [-0.1, -0.05) is 13.8 Å². The van der Waals surface area contributed by atoms with E-state index in [4.69, 9.17) is 0 Å². The van der Waals surface area contributed by atoms with E-state index in [0.717, 1.165) is 18.9 Å². The first-order valence-electron chi connectivity index (χ1n) is 5.20. The summed E-state index contributed by atoms with van der Waals surface area (Å²) in [6.07, 6.45) is 0. The third-order valence-electron chi connectivity index (χ3n) is 2.09. The van der Waals surface area contributed by atoms with Gasteiger partial charge in [-0.25, -0.2) is 9.48 Å². The number of nitrogens with zero attached hydrogens (tertiary/aromatic N) is 3. The van der Waals surface area contributed by atoms with Crippen molar-refractivity contribution >= 4 is 0 Å². The van der Waals surface area contributed by atoms with Gasteiger partial charge in [-0.15, -0.1) is 0 Å². The third-order valence-corrected chi connectivity index (χ3v) is 2.09. The monoisotopic (exact) mass is 198 g/mol. The van der Waals surface area contributed by atoms with Gasteiger partial charge in [0, 0.05) is 19.6 Å². The molecule has 0 radical (unpaired) electrons. The van der Waals surface area contributed by atoms with Crippen LogP contribution in [0.5, 0.6) is 0 Å². The van der Waals surface area contributed by atoms with Gasteiger partial charge in [-0.05, 0) is 6.92 Å². The lowest BCUT2D eigenvalue weighted by Gasteiger charge is -2.11. The molecule has 0 amide bonds. The second-order valence-corrected chi connectivity index (χ2v) is 2.84. The van der Waals surface area contributed by atoms with Crippen LogP contribution in [0.2, 0.25) is 0 Å². The Labute approximate surface area is 83.7 Å². The molecule has 0 atom stereocenters. The Morgan fingerprint density at radius 3 is 2.79 bits per heavy atom. The zero-order valence-corrected chi connectivity index (χ0v) is 9.08. The first kappa shape index (κ1) is 11.0. The molecule has 1 aromatic rings. The molecule has 0 aliphatic carbocycles. The Morgan fingerprint density at radius 1 is 1.50 bits per heavy atom. The topological polar surface area (TPSA) is 51.9 Å². The number of fused-ring (bicyclic) bond motifs is 1. The first-order valence-corrected chi connectivity index (χ1v) is 5.20. The summed E-state index contributed by atoms with van der Waals surface area (Å²) in [5.74, 6) is 0.855. The number of hydrogen-bond donors (Lipinski definition) is 1. The second-order valence-electron chi connectivity index (χ2n) is 2.84. The number of hydrogen-bond acceptors (Lipinski definition) is 3. The molecule has 0 spiro atoms. The van der Waals surface area contributed by atoms with Crippen LogP contribution in [0.3, 0.4) is 0 Å². The third kappa shape index (κ3) is 1.87. The predicted molar refractivity (Wildman–Crippen MR) is 55.2 cm³/mol. The van der Waals surface area contributed by atoms with E-state index in [1.807, 2.05) is 20.8 Å². The molecule has 14 heavy (non-hydrogen) atoms. The summed E-state index contributed by atoms with van der Waals surface area (Å²) < 4.78 is 3.24. The summed E-state index contributed by atoms with van der Waals surface area (Å²) in [5.41, 5.74) is 0.0222. The summed E-state index contributed by atoms with van der Waals surface area (Å²) in [7, 11) is 0. The van der Waals surface area contributed by atoms with Gasteiger partial charge in [0.2, 0.25) is 0 Å². The van der Waals surface area contributed by atoms with Crippen LogP contribution in [0, 0.1) is 0 Å². The average molecular weight is 198 g/mol. The van der Waals surface area contributed by atoms with Crippen LogP contribution < -0.4 is 11.0 Å². The van der Waals surface area contributed by atoms with E-state index in [-0.39, 0.29) is 5.69 Å². The van der Waals surface area contributed by atoms with Crippen molar-refractivity contribution in [2.45, 2.75) is 40.4 Å². The number of aromatic nitrogens is 3. The molecule has 0 saturated carbocycles. The Morgan fingerprint density at radius 2 is 2.21 bits per heavy atom. The van der Waals surface area contributed by atoms with Crippen LogP contribution >= 0.6 is 0 Å². The summed E-state index contributed by atoms with van der Waals surface area (Å²) in [5, 5.41) is 7.34. The highest BCUT2D eigenvalue weighted by Crippen LogP contribution is 1.96. The molecule has 1 aromatic heterocycles. The molecule has 5 nitrogen and oxygen atoms in total. The molecule has 0 aromatic carbocycles. The van der Waals surface area contributed by atoms with Gasteiger partial charge in [0.1, 0.15) is 5.82 Å². The fourth-order valence-electron chi connectivity index (χ4n) is 1.44. The molecular weight excluding hydrogens is 180 g/mol. The number of aryl methyl sites for hydroxylation is 1. The van der Waals surface area contributed by atoms with Crippen molar-refractivity contribution in [3.63, 3.8) is 0 Å². The van der Waals surface area contributed by atoms with Crippen molar-refractivity contribution in [1.29, 1.82) is 0 Å². The van der Waals surface area contributed by atoms with Gasteiger partial charge in [-0.3, -0.25) is 4.57 Å². The largest absolute Gasteiger partial charge is 0.345 e. The molecule has 0 unspecified atom stereocenters. The van der Waals surface area contributed by atoms with Crippen molar-refractivity contribution < 1.29 is 0 Å². The van der Waals surface area contributed by atoms with Crippen LogP contribution in [0.1, 0.15) is 26.6 Å². The zero-order chi connectivity index (χ0) is 10.6. The maximum Gasteiger partial charge on any atom is 0.345 e. The van der Waals surface area contributed by atoms with Crippen molar-refractivity contribution in [2.24, 2.45) is 0 Å². The van der Waals surface area contributed by atoms with E-state index in [9.17, 15) is 4.79 Å². The van der Waals surface area contributed by atoms with Gasteiger partial charge >= 0.3 is 5.69 Å². The summed E-state index contributed by atoms with van der Waals surface area (Å²) >= 11 is 0. The van der Waals surface area contributed by atoms with Gasteiger partial charge in [-0.2, -0.15) is 5.10 Å². The Bertz CT molecular complexity index is 339. The highest BCUT2D eigenvalue weighted by atomic mass is 16.2. The van der Waals surface area contributed by atoms with Gasteiger partial charge in [0.25, 0.3) is 0 Å². The fourth-order valence-corrected chi connectivity index (χ4v) is 1.44. The van der Waals surface area contributed by atoms with Crippen LogP contribution in [-0.4, -0.2) is 20.9 Å². The molecule has 80 valence electrons. The minimum absolute atomic E-state index is 0.0222. The smallest absolute Gasteiger partial charge is 0.308 e. The molecule has 0 fully saturated rings. The maximum atomic E-state index is 11.5. The van der Waals surface area contributed by atoms with Crippen LogP contribution in [0.4, 0.5) is 0 Å². The van der Waals surface area contributed by atoms with Gasteiger partial charge in [0.15, 0.2) is 0 Å². The van der Waals surface area contributed by atoms with Crippen molar-refractivity contribution in [3.05, 3.63) is 16.3 Å². The van der Waals surface area contributed by atoms with Crippen molar-refractivity contribution in [1.82, 2.24) is 19.7 Å². The highest BCUT2D eigenvalue weighted by molar-refractivity contribution is 4.90. The molecular formula is C9H18N4O. The summed E-state index contributed by atoms with van der Waals surface area (Å²) in [6, 6.07) is 0. The Balaban J connectivity index is 0.000000461. The standard InChI is InChI=1S/C7H12N4O.C2H6/c1-2-11-7(12)10-4-3-8-5-6(10)9-11;1-2/h8H,2-5H2,1H3;1-2H3. The minimum atomic E-state index is 0.0222. The molecule has 1 N–H and O–H groups in total. The Hall–Kier alpha value is -1.10. The Kier molecular flexibility index (Phi) is 3.88. The summed E-state index contributed by atoms with van der Waals surface area (Å²) in [4.78, 5) is 11.5. The molecule has 1 aliphatic heterocycles. The fraction of sp³-hybridized carbons (Fsp3) is 0.778. The maximum absolute atomic E-state index is 11.5. The van der Waals surface area contributed by atoms with Gasteiger partial charge in [0.05, 0.1) is 6.54 Å². The van der Waals surface area contributed by atoms with Crippen molar-refractivity contribution in [2.75, 3.05) is 6.54 Å². The van der Waals surface area contributed by atoms with Crippen LogP contribution in [0.15, 0.2) is 4.79 Å². The van der Waals surface area contributed by atoms with E-state index in [0.29, 0.717) is 13.1 Å². The molecule has 2 heterocycles. The van der Waals surface area contributed by atoms with E-state index in [1.54, 1.807) is 4.57 Å². The second kappa shape index (κ2) is 4.95. The molecule has 5 heteroatoms. The van der Waals surface area contributed by atoms with E-state index >= 15 is 0 Å². The first-order chi connectivity index (χ1) is 6.83. The molecule has 1 aliphatic rings. The van der Waals surface area contributed by atoms with Gasteiger partial charge < -0.3 is 5.32 Å². The minimum Gasteiger partial charge on any atom is -0.308 e. The SMILES string of the molecule is CC.CCn1nc2n(c1=O)CCNC2. The lowest BCUT2D eigenvalue weighted by atomic mass is 10.4. The lowest BCUT2D eigenvalue weighted by Crippen LogP contribution is -2.34. The van der Waals surface area contributed by atoms with E-state index < -0.39 is 0 Å². The van der Waals surface area contributed by atoms with E-state index in [1.165, 1.54) is 4.68 Å². The predicted octanol–water partition coefficient (Wildman–Crippen LogP) is 0.194. The van der Waals surface area contributed by atoms with Crippen LogP contribution in [0.25, 0.3) is 0 Å². The zero-order valence-electron chi connectivity index (χ0n) is 9.08. The normalized spacial score (nSPS) is 14.2. The van der Waals surface area contributed by atoms with Crippen LogP contribution in [-0.2, 0) is 19.6 Å². The lowest BCUT2D eigenvalue weighted by molar-refractivity contribution is 0.497. The molecule has 0 bridgehead atoms. The number of rotatable bonds is 1. The summed E-state index contributed by atoms with van der Waals surface area (Å²) in [6.45, 7) is 8.89.